The van der Waals surface area contributed by atoms with Gasteiger partial charge in [-0.3, -0.25) is 9.59 Å². The third-order valence-electron chi connectivity index (χ3n) is 4.92. The number of para-hydroxylation sites is 2. The second kappa shape index (κ2) is 6.71. The molecule has 0 radical (unpaired) electrons. The average molecular weight is 334 g/mol. The molecule has 4 heteroatoms. The molecular formula is C21H22N2O2. The Morgan fingerprint density at radius 3 is 2.12 bits per heavy atom. The predicted molar refractivity (Wildman–Crippen MR) is 98.6 cm³/mol. The van der Waals surface area contributed by atoms with Crippen LogP contribution in [0.25, 0.3) is 0 Å². The van der Waals surface area contributed by atoms with E-state index in [9.17, 15) is 9.59 Å². The lowest BCUT2D eigenvalue weighted by Crippen LogP contribution is -2.33. The van der Waals surface area contributed by atoms with Crippen LogP contribution in [0.15, 0.2) is 54.6 Å². The molecule has 0 unspecified atom stereocenters. The highest BCUT2D eigenvalue weighted by molar-refractivity contribution is 6.04. The van der Waals surface area contributed by atoms with Gasteiger partial charge in [-0.05, 0) is 37.0 Å². The number of anilines is 2. The van der Waals surface area contributed by atoms with Gasteiger partial charge in [0, 0.05) is 19.0 Å². The molecule has 25 heavy (non-hydrogen) atoms. The lowest BCUT2D eigenvalue weighted by molar-refractivity contribution is -0.120. The molecule has 0 aromatic heterocycles. The Balaban J connectivity index is 1.62. The van der Waals surface area contributed by atoms with Gasteiger partial charge < -0.3 is 9.80 Å². The fourth-order valence-corrected chi connectivity index (χ4v) is 3.45. The number of hydrogen-bond acceptors (Lipinski definition) is 2. The normalized spacial score (nSPS) is 17.0. The molecule has 1 aliphatic heterocycles. The van der Waals surface area contributed by atoms with Crippen LogP contribution >= 0.6 is 0 Å². The molecule has 4 rings (SSSR count). The SMILES string of the molecule is O=C(Cc1ccccc1)N1CCCN(C(=O)C2CC2)c2ccccc21. The highest BCUT2D eigenvalue weighted by atomic mass is 16.2. The molecule has 2 aromatic rings. The highest BCUT2D eigenvalue weighted by Gasteiger charge is 2.36. The first-order valence-electron chi connectivity index (χ1n) is 8.99. The Morgan fingerprint density at radius 2 is 1.44 bits per heavy atom. The summed E-state index contributed by atoms with van der Waals surface area (Å²) in [7, 11) is 0. The van der Waals surface area contributed by atoms with Gasteiger partial charge in [-0.1, -0.05) is 42.5 Å². The topological polar surface area (TPSA) is 40.6 Å². The van der Waals surface area contributed by atoms with E-state index < -0.39 is 0 Å². The molecule has 128 valence electrons. The molecule has 2 amide bonds. The zero-order valence-corrected chi connectivity index (χ0v) is 14.2. The number of fused-ring (bicyclic) bond motifs is 1. The molecule has 0 saturated heterocycles. The number of carbonyl (C=O) groups is 2. The van der Waals surface area contributed by atoms with Crippen LogP contribution in [0.1, 0.15) is 24.8 Å². The fourth-order valence-electron chi connectivity index (χ4n) is 3.45. The Hall–Kier alpha value is -2.62. The Labute approximate surface area is 148 Å². The number of nitrogens with zero attached hydrogens (tertiary/aromatic N) is 2. The van der Waals surface area contributed by atoms with Crippen LogP contribution in [0.5, 0.6) is 0 Å². The van der Waals surface area contributed by atoms with Gasteiger partial charge in [0.25, 0.3) is 0 Å². The van der Waals surface area contributed by atoms with Crippen molar-refractivity contribution >= 4 is 23.2 Å². The molecule has 0 atom stereocenters. The Bertz CT molecular complexity index is 783. The third-order valence-corrected chi connectivity index (χ3v) is 4.92. The van der Waals surface area contributed by atoms with E-state index in [-0.39, 0.29) is 17.7 Å². The lowest BCUT2D eigenvalue weighted by Gasteiger charge is -2.25. The van der Waals surface area contributed by atoms with Crippen molar-refractivity contribution in [2.75, 3.05) is 22.9 Å². The number of rotatable bonds is 3. The highest BCUT2D eigenvalue weighted by Crippen LogP contribution is 2.38. The van der Waals surface area contributed by atoms with Crippen LogP contribution in [0, 0.1) is 5.92 Å². The van der Waals surface area contributed by atoms with Crippen LogP contribution in [0.3, 0.4) is 0 Å². The van der Waals surface area contributed by atoms with E-state index in [1.807, 2.05) is 64.4 Å². The molecule has 1 fully saturated rings. The quantitative estimate of drug-likeness (QED) is 0.863. The van der Waals surface area contributed by atoms with E-state index in [1.54, 1.807) is 0 Å². The summed E-state index contributed by atoms with van der Waals surface area (Å²) >= 11 is 0. The monoisotopic (exact) mass is 334 g/mol. The van der Waals surface area contributed by atoms with Gasteiger partial charge in [0.1, 0.15) is 0 Å². The van der Waals surface area contributed by atoms with Crippen LogP contribution in [0.4, 0.5) is 11.4 Å². The molecule has 0 N–H and O–H groups in total. The van der Waals surface area contributed by atoms with Crippen LogP contribution < -0.4 is 9.80 Å². The van der Waals surface area contributed by atoms with E-state index >= 15 is 0 Å². The summed E-state index contributed by atoms with van der Waals surface area (Å²) in [5.74, 6) is 0.476. The molecular weight excluding hydrogens is 312 g/mol. The number of carbonyl (C=O) groups excluding carboxylic acids is 2. The predicted octanol–water partition coefficient (Wildman–Crippen LogP) is 3.41. The second-order valence-electron chi connectivity index (χ2n) is 6.81. The molecule has 2 aliphatic rings. The van der Waals surface area contributed by atoms with Crippen molar-refractivity contribution in [2.45, 2.75) is 25.7 Å². The molecule has 0 spiro atoms. The summed E-state index contributed by atoms with van der Waals surface area (Å²) in [6.45, 7) is 1.33. The summed E-state index contributed by atoms with van der Waals surface area (Å²) in [5.41, 5.74) is 2.74. The molecule has 2 aromatic carbocycles. The first-order chi connectivity index (χ1) is 12.2. The van der Waals surface area contributed by atoms with Gasteiger partial charge in [0.2, 0.25) is 11.8 Å². The lowest BCUT2D eigenvalue weighted by atomic mass is 10.1. The molecule has 1 saturated carbocycles. The standard InChI is InChI=1S/C21H22N2O2/c24-20(15-16-7-2-1-3-8-16)22-13-6-14-23(21(25)17-11-12-17)19-10-5-4-9-18(19)22/h1-5,7-10,17H,6,11-15H2. The maximum Gasteiger partial charge on any atom is 0.231 e. The minimum Gasteiger partial charge on any atom is -0.310 e. The summed E-state index contributed by atoms with van der Waals surface area (Å²) in [4.78, 5) is 29.3. The summed E-state index contributed by atoms with van der Waals surface area (Å²) in [6.07, 6.45) is 3.17. The molecule has 1 aliphatic carbocycles. The first kappa shape index (κ1) is 15.9. The smallest absolute Gasteiger partial charge is 0.231 e. The van der Waals surface area contributed by atoms with Crippen molar-refractivity contribution in [1.82, 2.24) is 0 Å². The van der Waals surface area contributed by atoms with Gasteiger partial charge in [0.15, 0.2) is 0 Å². The maximum absolute atomic E-state index is 12.9. The van der Waals surface area contributed by atoms with Crippen molar-refractivity contribution in [2.24, 2.45) is 5.92 Å². The molecule has 1 heterocycles. The van der Waals surface area contributed by atoms with E-state index in [0.29, 0.717) is 19.5 Å². The van der Waals surface area contributed by atoms with Crippen molar-refractivity contribution in [1.29, 1.82) is 0 Å². The van der Waals surface area contributed by atoms with Crippen molar-refractivity contribution < 1.29 is 9.59 Å². The van der Waals surface area contributed by atoms with Crippen LogP contribution in [0.2, 0.25) is 0 Å². The zero-order valence-electron chi connectivity index (χ0n) is 14.2. The first-order valence-corrected chi connectivity index (χ1v) is 8.99. The van der Waals surface area contributed by atoms with Gasteiger partial charge in [-0.2, -0.15) is 0 Å². The molecule has 4 nitrogen and oxygen atoms in total. The summed E-state index contributed by atoms with van der Waals surface area (Å²) in [5, 5.41) is 0. The van der Waals surface area contributed by atoms with E-state index in [0.717, 1.165) is 36.2 Å². The largest absolute Gasteiger partial charge is 0.310 e. The summed E-state index contributed by atoms with van der Waals surface area (Å²) in [6, 6.07) is 17.6. The maximum atomic E-state index is 12.9. The van der Waals surface area contributed by atoms with Crippen LogP contribution in [-0.4, -0.2) is 24.9 Å². The van der Waals surface area contributed by atoms with Gasteiger partial charge in [-0.15, -0.1) is 0 Å². The van der Waals surface area contributed by atoms with Crippen molar-refractivity contribution in [3.05, 3.63) is 60.2 Å². The number of hydrogen-bond donors (Lipinski definition) is 0. The van der Waals surface area contributed by atoms with Gasteiger partial charge >= 0.3 is 0 Å². The van der Waals surface area contributed by atoms with Gasteiger partial charge in [0.05, 0.1) is 17.8 Å². The Kier molecular flexibility index (Phi) is 4.26. The van der Waals surface area contributed by atoms with E-state index in [2.05, 4.69) is 0 Å². The minimum absolute atomic E-state index is 0.0828. The molecule has 0 bridgehead atoms. The minimum atomic E-state index is 0.0828. The third kappa shape index (κ3) is 3.29. The summed E-state index contributed by atoms with van der Waals surface area (Å²) < 4.78 is 0. The van der Waals surface area contributed by atoms with E-state index in [4.69, 9.17) is 0 Å². The number of benzene rings is 2. The van der Waals surface area contributed by atoms with Crippen molar-refractivity contribution in [3.63, 3.8) is 0 Å². The number of amides is 2. The van der Waals surface area contributed by atoms with Crippen LogP contribution in [-0.2, 0) is 16.0 Å². The Morgan fingerprint density at radius 1 is 0.840 bits per heavy atom. The van der Waals surface area contributed by atoms with Crippen molar-refractivity contribution in [3.8, 4) is 0 Å². The average Bonchev–Trinajstić information content (AvgIpc) is 3.48. The zero-order chi connectivity index (χ0) is 17.2. The fraction of sp³-hybridized carbons (Fsp3) is 0.333. The second-order valence-corrected chi connectivity index (χ2v) is 6.81. The van der Waals surface area contributed by atoms with E-state index in [1.165, 1.54) is 0 Å². The van der Waals surface area contributed by atoms with Gasteiger partial charge in [-0.25, -0.2) is 0 Å².